The third-order valence-electron chi connectivity index (χ3n) is 7.46. The van der Waals surface area contributed by atoms with E-state index >= 15 is 0 Å². The Balaban J connectivity index is 1.84. The van der Waals surface area contributed by atoms with Gasteiger partial charge in [-0.05, 0) is 47.3 Å². The monoisotopic (exact) mass is 354 g/mol. The standard InChI is InChI=1S/C22H26O4/c1-12-11-26-22-10-13(23)9-21(25,18(12)22)19(24)17-14-5-4-8-20(2,3)15(14)6-7-16(17)22/h6-7,12,18,25H,4-5,8-11H2,1-3H3/t12-,18-,21-,22-/m0/s1. The lowest BCUT2D eigenvalue weighted by atomic mass is 9.53. The van der Waals surface area contributed by atoms with Crippen molar-refractivity contribution in [1.82, 2.24) is 0 Å². The molecular weight excluding hydrogens is 328 g/mol. The van der Waals surface area contributed by atoms with Gasteiger partial charge in [0.15, 0.2) is 5.78 Å². The zero-order valence-corrected chi connectivity index (χ0v) is 15.7. The fourth-order valence-corrected chi connectivity index (χ4v) is 6.48. The Labute approximate surface area is 153 Å². The molecule has 1 saturated heterocycles. The van der Waals surface area contributed by atoms with Crippen LogP contribution in [0.1, 0.15) is 73.5 Å². The van der Waals surface area contributed by atoms with Crippen LogP contribution >= 0.6 is 0 Å². The van der Waals surface area contributed by atoms with Crippen LogP contribution in [-0.4, -0.2) is 28.9 Å². The second kappa shape index (κ2) is 4.85. The molecule has 4 nitrogen and oxygen atoms in total. The Kier molecular flexibility index (Phi) is 3.10. The van der Waals surface area contributed by atoms with Crippen LogP contribution in [0.5, 0.6) is 0 Å². The van der Waals surface area contributed by atoms with Crippen molar-refractivity contribution >= 4 is 11.6 Å². The number of benzene rings is 1. The summed E-state index contributed by atoms with van der Waals surface area (Å²) in [7, 11) is 0. The minimum atomic E-state index is -1.62. The molecule has 1 saturated carbocycles. The third-order valence-corrected chi connectivity index (χ3v) is 7.46. The van der Waals surface area contributed by atoms with E-state index in [-0.39, 0.29) is 41.7 Å². The first kappa shape index (κ1) is 16.6. The summed E-state index contributed by atoms with van der Waals surface area (Å²) in [5.41, 5.74) is 1.39. The van der Waals surface area contributed by atoms with Gasteiger partial charge in [0.25, 0.3) is 0 Å². The van der Waals surface area contributed by atoms with Crippen LogP contribution in [0.3, 0.4) is 0 Å². The van der Waals surface area contributed by atoms with Gasteiger partial charge in [0, 0.05) is 24.3 Å². The molecule has 0 radical (unpaired) electrons. The summed E-state index contributed by atoms with van der Waals surface area (Å²) in [6.45, 7) is 6.94. The van der Waals surface area contributed by atoms with E-state index in [0.717, 1.165) is 30.4 Å². The molecule has 2 bridgehead atoms. The van der Waals surface area contributed by atoms with E-state index < -0.39 is 11.2 Å². The summed E-state index contributed by atoms with van der Waals surface area (Å²) >= 11 is 0. The van der Waals surface area contributed by atoms with Crippen molar-refractivity contribution in [2.45, 2.75) is 69.5 Å². The van der Waals surface area contributed by atoms with Crippen molar-refractivity contribution in [2.24, 2.45) is 11.8 Å². The van der Waals surface area contributed by atoms with Gasteiger partial charge in [-0.2, -0.15) is 0 Å². The van der Waals surface area contributed by atoms with Gasteiger partial charge in [0.1, 0.15) is 17.0 Å². The highest BCUT2D eigenvalue weighted by atomic mass is 16.5. The molecule has 1 aromatic rings. The topological polar surface area (TPSA) is 63.6 Å². The first-order chi connectivity index (χ1) is 12.2. The van der Waals surface area contributed by atoms with Gasteiger partial charge < -0.3 is 9.84 Å². The maximum Gasteiger partial charge on any atom is 0.195 e. The molecule has 0 aromatic heterocycles. The predicted molar refractivity (Wildman–Crippen MR) is 96.2 cm³/mol. The highest BCUT2D eigenvalue weighted by Crippen LogP contribution is 2.61. The number of ketones is 2. The van der Waals surface area contributed by atoms with Crippen molar-refractivity contribution in [3.05, 3.63) is 34.4 Å². The minimum Gasteiger partial charge on any atom is -0.381 e. The molecule has 0 unspecified atom stereocenters. The highest BCUT2D eigenvalue weighted by molar-refractivity contribution is 6.10. The molecule has 3 aliphatic carbocycles. The van der Waals surface area contributed by atoms with E-state index in [0.29, 0.717) is 12.2 Å². The number of rotatable bonds is 0. The molecule has 4 aliphatic rings. The zero-order valence-electron chi connectivity index (χ0n) is 15.7. The molecule has 1 aromatic carbocycles. The average molecular weight is 354 g/mol. The molecule has 138 valence electrons. The van der Waals surface area contributed by atoms with Crippen molar-refractivity contribution in [3.63, 3.8) is 0 Å². The van der Waals surface area contributed by atoms with Gasteiger partial charge >= 0.3 is 0 Å². The number of ether oxygens (including phenoxy) is 1. The van der Waals surface area contributed by atoms with E-state index in [4.69, 9.17) is 4.74 Å². The SMILES string of the molecule is C[C@H]1CO[C@@]23CC(=O)C[C@@](O)(C(=O)c4c2ccc2c4CCCC2(C)C)[C@H]13. The number of aliphatic hydroxyl groups is 1. The van der Waals surface area contributed by atoms with Crippen molar-refractivity contribution in [1.29, 1.82) is 0 Å². The Hall–Kier alpha value is -1.52. The molecule has 1 heterocycles. The quantitative estimate of drug-likeness (QED) is 0.778. The normalized spacial score (nSPS) is 40.0. The number of carbonyl (C=O) groups excluding carboxylic acids is 2. The summed E-state index contributed by atoms with van der Waals surface area (Å²) < 4.78 is 6.25. The largest absolute Gasteiger partial charge is 0.381 e. The van der Waals surface area contributed by atoms with Crippen molar-refractivity contribution < 1.29 is 19.4 Å². The lowest BCUT2D eigenvalue weighted by Crippen LogP contribution is -2.64. The van der Waals surface area contributed by atoms with Gasteiger partial charge in [-0.3, -0.25) is 9.59 Å². The maximum absolute atomic E-state index is 13.6. The molecule has 2 fully saturated rings. The first-order valence-electron chi connectivity index (χ1n) is 9.80. The number of Topliss-reactive ketones (excluding diaryl/α,β-unsaturated/α-hetero) is 2. The van der Waals surface area contributed by atoms with Crippen LogP contribution in [0, 0.1) is 11.8 Å². The fraction of sp³-hybridized carbons (Fsp3) is 0.636. The Morgan fingerprint density at radius 3 is 2.65 bits per heavy atom. The van der Waals surface area contributed by atoms with Crippen molar-refractivity contribution in [2.75, 3.05) is 6.61 Å². The fourth-order valence-electron chi connectivity index (χ4n) is 6.48. The van der Waals surface area contributed by atoms with Crippen LogP contribution in [0.15, 0.2) is 12.1 Å². The Morgan fingerprint density at radius 1 is 1.15 bits per heavy atom. The van der Waals surface area contributed by atoms with Crippen LogP contribution in [0.2, 0.25) is 0 Å². The molecule has 5 rings (SSSR count). The first-order valence-corrected chi connectivity index (χ1v) is 9.80. The number of fused-ring (bicyclic) bond motifs is 3. The predicted octanol–water partition coefficient (Wildman–Crippen LogP) is 3.07. The Bertz CT molecular complexity index is 854. The second-order valence-electron chi connectivity index (χ2n) is 9.55. The lowest BCUT2D eigenvalue weighted by molar-refractivity contribution is -0.158. The zero-order chi connectivity index (χ0) is 18.5. The van der Waals surface area contributed by atoms with E-state index in [1.165, 1.54) is 5.56 Å². The van der Waals surface area contributed by atoms with E-state index in [2.05, 4.69) is 19.9 Å². The molecule has 1 aliphatic heterocycles. The molecule has 26 heavy (non-hydrogen) atoms. The van der Waals surface area contributed by atoms with Gasteiger partial charge in [-0.15, -0.1) is 0 Å². The smallest absolute Gasteiger partial charge is 0.195 e. The van der Waals surface area contributed by atoms with Crippen LogP contribution < -0.4 is 0 Å². The third kappa shape index (κ3) is 1.77. The second-order valence-corrected chi connectivity index (χ2v) is 9.55. The Morgan fingerprint density at radius 2 is 1.88 bits per heavy atom. The van der Waals surface area contributed by atoms with Crippen LogP contribution in [0.25, 0.3) is 0 Å². The van der Waals surface area contributed by atoms with Gasteiger partial charge in [-0.1, -0.05) is 32.9 Å². The number of hydrogen-bond donors (Lipinski definition) is 1. The summed E-state index contributed by atoms with van der Waals surface area (Å²) in [4.78, 5) is 26.1. The molecule has 4 heteroatoms. The minimum absolute atomic E-state index is 0.0226. The summed E-state index contributed by atoms with van der Waals surface area (Å²) in [5.74, 6) is -0.594. The molecular formula is C22H26O4. The van der Waals surface area contributed by atoms with Crippen molar-refractivity contribution in [3.8, 4) is 0 Å². The van der Waals surface area contributed by atoms with Gasteiger partial charge in [0.05, 0.1) is 6.61 Å². The van der Waals surface area contributed by atoms with E-state index in [1.807, 2.05) is 13.0 Å². The van der Waals surface area contributed by atoms with Gasteiger partial charge in [-0.25, -0.2) is 0 Å². The summed E-state index contributed by atoms with van der Waals surface area (Å²) in [5, 5.41) is 11.5. The molecule has 0 amide bonds. The maximum atomic E-state index is 13.6. The summed E-state index contributed by atoms with van der Waals surface area (Å²) in [6, 6.07) is 4.16. The number of hydrogen-bond acceptors (Lipinski definition) is 4. The lowest BCUT2D eigenvalue weighted by Gasteiger charge is -2.53. The van der Waals surface area contributed by atoms with E-state index in [9.17, 15) is 14.7 Å². The molecule has 0 spiro atoms. The average Bonchev–Trinajstić information content (AvgIpc) is 2.91. The van der Waals surface area contributed by atoms with Gasteiger partial charge in [0.2, 0.25) is 0 Å². The summed E-state index contributed by atoms with van der Waals surface area (Å²) in [6.07, 6.45) is 3.19. The van der Waals surface area contributed by atoms with Crippen LogP contribution in [0.4, 0.5) is 0 Å². The molecule has 4 atom stereocenters. The number of carbonyl (C=O) groups is 2. The van der Waals surface area contributed by atoms with Crippen LogP contribution in [-0.2, 0) is 27.0 Å². The highest BCUT2D eigenvalue weighted by Gasteiger charge is 2.69. The molecule has 1 N–H and O–H groups in total. The van der Waals surface area contributed by atoms with E-state index in [1.54, 1.807) is 0 Å².